The van der Waals surface area contributed by atoms with Crippen LogP contribution >= 0.6 is 0 Å². The van der Waals surface area contributed by atoms with Crippen LogP contribution in [0.25, 0.3) is 0 Å². The van der Waals surface area contributed by atoms with E-state index in [9.17, 15) is 9.90 Å². The van der Waals surface area contributed by atoms with Crippen LogP contribution in [-0.4, -0.2) is 55.3 Å². The van der Waals surface area contributed by atoms with Crippen LogP contribution in [0.15, 0.2) is 30.3 Å². The summed E-state index contributed by atoms with van der Waals surface area (Å²) < 4.78 is 15.7. The number of carbonyl (C=O) groups is 1. The molecule has 0 radical (unpaired) electrons. The molecule has 0 aliphatic carbocycles. The van der Waals surface area contributed by atoms with Crippen LogP contribution in [0.1, 0.15) is 24.8 Å². The van der Waals surface area contributed by atoms with Gasteiger partial charge in [0.1, 0.15) is 13.4 Å². The first-order chi connectivity index (χ1) is 11.3. The van der Waals surface area contributed by atoms with Crippen LogP contribution in [0.4, 0.5) is 4.79 Å². The van der Waals surface area contributed by atoms with Crippen molar-refractivity contribution in [1.29, 1.82) is 0 Å². The zero-order valence-corrected chi connectivity index (χ0v) is 13.5. The topological polar surface area (TPSA) is 68.2 Å². The zero-order valence-electron chi connectivity index (χ0n) is 13.5. The first kappa shape index (κ1) is 17.7. The molecule has 6 heteroatoms. The van der Waals surface area contributed by atoms with E-state index >= 15 is 0 Å². The molecule has 1 aliphatic rings. The molecule has 23 heavy (non-hydrogen) atoms. The Morgan fingerprint density at radius 1 is 1.26 bits per heavy atom. The average Bonchev–Trinajstić information content (AvgIpc) is 2.97. The van der Waals surface area contributed by atoms with E-state index in [1.54, 1.807) is 12.0 Å². The highest BCUT2D eigenvalue weighted by Crippen LogP contribution is 2.27. The molecule has 6 nitrogen and oxygen atoms in total. The number of nitrogens with zero attached hydrogens (tertiary/aromatic N) is 1. The molecular formula is C17H25NO5. The van der Waals surface area contributed by atoms with Gasteiger partial charge in [0.25, 0.3) is 0 Å². The van der Waals surface area contributed by atoms with Crippen molar-refractivity contribution in [2.75, 3.05) is 27.1 Å². The Hall–Kier alpha value is -1.63. The maximum absolute atomic E-state index is 12.5. The van der Waals surface area contributed by atoms with E-state index < -0.39 is 0 Å². The summed E-state index contributed by atoms with van der Waals surface area (Å²) in [7, 11) is 1.56. The van der Waals surface area contributed by atoms with Crippen molar-refractivity contribution in [3.63, 3.8) is 0 Å². The Balaban J connectivity index is 1.93. The molecule has 1 N–H and O–H groups in total. The Bertz CT molecular complexity index is 467. The van der Waals surface area contributed by atoms with Crippen molar-refractivity contribution in [1.82, 2.24) is 4.90 Å². The van der Waals surface area contributed by atoms with Crippen molar-refractivity contribution in [2.24, 2.45) is 0 Å². The predicted molar refractivity (Wildman–Crippen MR) is 84.8 cm³/mol. The number of aliphatic hydroxyl groups is 1. The summed E-state index contributed by atoms with van der Waals surface area (Å²) >= 11 is 0. The third kappa shape index (κ3) is 5.20. The SMILES string of the molecule is COCOC[C@@H]1CC[C@H](CCO)N1C(=O)OCc1ccccc1. The first-order valence-electron chi connectivity index (χ1n) is 7.92. The quantitative estimate of drug-likeness (QED) is 0.586. The highest BCUT2D eigenvalue weighted by Gasteiger charge is 2.37. The molecule has 0 unspecified atom stereocenters. The lowest BCUT2D eigenvalue weighted by Crippen LogP contribution is -2.44. The third-order valence-electron chi connectivity index (χ3n) is 4.01. The fraction of sp³-hybridized carbons (Fsp3) is 0.588. The number of amides is 1. The summed E-state index contributed by atoms with van der Waals surface area (Å²) in [6.45, 7) is 0.913. The molecule has 0 spiro atoms. The van der Waals surface area contributed by atoms with Crippen LogP contribution < -0.4 is 0 Å². The van der Waals surface area contributed by atoms with Crippen molar-refractivity contribution >= 4 is 6.09 Å². The second-order valence-electron chi connectivity index (χ2n) is 5.62. The predicted octanol–water partition coefficient (Wildman–Crippen LogP) is 2.16. The second-order valence-corrected chi connectivity index (χ2v) is 5.62. The summed E-state index contributed by atoms with van der Waals surface area (Å²) in [5.74, 6) is 0. The van der Waals surface area contributed by atoms with Gasteiger partial charge in [0.05, 0.1) is 12.6 Å². The molecule has 0 aromatic heterocycles. The van der Waals surface area contributed by atoms with E-state index in [0.29, 0.717) is 13.0 Å². The van der Waals surface area contributed by atoms with Crippen molar-refractivity contribution in [3.05, 3.63) is 35.9 Å². The molecule has 2 atom stereocenters. The molecule has 1 saturated heterocycles. The molecule has 1 amide bonds. The number of benzene rings is 1. The number of ether oxygens (including phenoxy) is 3. The van der Waals surface area contributed by atoms with Gasteiger partial charge in [0.2, 0.25) is 0 Å². The lowest BCUT2D eigenvalue weighted by Gasteiger charge is -2.29. The van der Waals surface area contributed by atoms with Crippen molar-refractivity contribution in [3.8, 4) is 0 Å². The maximum Gasteiger partial charge on any atom is 0.410 e. The Morgan fingerprint density at radius 3 is 2.70 bits per heavy atom. The fourth-order valence-corrected chi connectivity index (χ4v) is 2.92. The standard InChI is InChI=1S/C17H25NO5/c1-21-13-22-12-16-8-7-15(9-10-19)18(16)17(20)23-11-14-5-3-2-4-6-14/h2-6,15-16,19H,7-13H2,1H3/t15-,16+/m1/s1. The van der Waals surface area contributed by atoms with Gasteiger partial charge in [0, 0.05) is 19.8 Å². The molecule has 1 aromatic rings. The number of aliphatic hydroxyl groups excluding tert-OH is 1. The molecular weight excluding hydrogens is 298 g/mol. The number of likely N-dealkylation sites (tertiary alicyclic amines) is 1. The number of hydrogen-bond acceptors (Lipinski definition) is 5. The molecule has 0 bridgehead atoms. The lowest BCUT2D eigenvalue weighted by atomic mass is 10.1. The molecule has 1 aromatic carbocycles. The summed E-state index contributed by atoms with van der Waals surface area (Å²) in [6.07, 6.45) is 1.90. The van der Waals surface area contributed by atoms with E-state index in [2.05, 4.69) is 0 Å². The first-order valence-corrected chi connectivity index (χ1v) is 7.92. The fourth-order valence-electron chi connectivity index (χ4n) is 2.92. The van der Waals surface area contributed by atoms with Crippen LogP contribution in [0.2, 0.25) is 0 Å². The molecule has 0 saturated carbocycles. The van der Waals surface area contributed by atoms with Gasteiger partial charge in [-0.2, -0.15) is 0 Å². The van der Waals surface area contributed by atoms with E-state index in [0.717, 1.165) is 18.4 Å². The summed E-state index contributed by atoms with van der Waals surface area (Å²) in [5.41, 5.74) is 0.950. The van der Waals surface area contributed by atoms with Gasteiger partial charge in [-0.1, -0.05) is 30.3 Å². The van der Waals surface area contributed by atoms with Crippen LogP contribution in [0, 0.1) is 0 Å². The van der Waals surface area contributed by atoms with E-state index in [1.807, 2.05) is 30.3 Å². The second kappa shape index (κ2) is 9.50. The minimum Gasteiger partial charge on any atom is -0.445 e. The molecule has 2 rings (SSSR count). The zero-order chi connectivity index (χ0) is 16.5. The highest BCUT2D eigenvalue weighted by atomic mass is 16.7. The van der Waals surface area contributed by atoms with E-state index in [4.69, 9.17) is 14.2 Å². The van der Waals surface area contributed by atoms with Gasteiger partial charge in [0.15, 0.2) is 0 Å². The van der Waals surface area contributed by atoms with Gasteiger partial charge in [-0.15, -0.1) is 0 Å². The van der Waals surface area contributed by atoms with Gasteiger partial charge >= 0.3 is 6.09 Å². The van der Waals surface area contributed by atoms with Crippen LogP contribution in [0.3, 0.4) is 0 Å². The largest absolute Gasteiger partial charge is 0.445 e. The van der Waals surface area contributed by atoms with E-state index in [-0.39, 0.29) is 38.2 Å². The molecule has 1 fully saturated rings. The lowest BCUT2D eigenvalue weighted by molar-refractivity contribution is -0.0490. The van der Waals surface area contributed by atoms with Gasteiger partial charge in [-0.3, -0.25) is 4.90 Å². The summed E-state index contributed by atoms with van der Waals surface area (Å²) in [5, 5.41) is 9.20. The maximum atomic E-state index is 12.5. The van der Waals surface area contributed by atoms with Gasteiger partial charge < -0.3 is 19.3 Å². The van der Waals surface area contributed by atoms with Crippen LogP contribution in [0.5, 0.6) is 0 Å². The van der Waals surface area contributed by atoms with Crippen molar-refractivity contribution in [2.45, 2.75) is 38.0 Å². The van der Waals surface area contributed by atoms with Crippen LogP contribution in [-0.2, 0) is 20.8 Å². The summed E-state index contributed by atoms with van der Waals surface area (Å²) in [4.78, 5) is 14.2. The molecule has 128 valence electrons. The minimum atomic E-state index is -0.351. The van der Waals surface area contributed by atoms with E-state index in [1.165, 1.54) is 0 Å². The summed E-state index contributed by atoms with van der Waals surface area (Å²) in [6, 6.07) is 9.55. The number of rotatable bonds is 8. The smallest absolute Gasteiger partial charge is 0.410 e. The minimum absolute atomic E-state index is 0.000539. The van der Waals surface area contributed by atoms with Gasteiger partial charge in [-0.05, 0) is 24.8 Å². The number of hydrogen-bond donors (Lipinski definition) is 1. The Kier molecular flexibility index (Phi) is 7.32. The Morgan fingerprint density at radius 2 is 2.00 bits per heavy atom. The van der Waals surface area contributed by atoms with Crippen molar-refractivity contribution < 1.29 is 24.1 Å². The average molecular weight is 323 g/mol. The molecule has 1 heterocycles. The Labute approximate surface area is 136 Å². The number of carbonyl (C=O) groups excluding carboxylic acids is 1. The normalized spacial score (nSPS) is 20.7. The highest BCUT2D eigenvalue weighted by molar-refractivity contribution is 5.69. The number of methoxy groups -OCH3 is 1. The monoisotopic (exact) mass is 323 g/mol. The van der Waals surface area contributed by atoms with Gasteiger partial charge in [-0.25, -0.2) is 4.79 Å². The third-order valence-corrected chi connectivity index (χ3v) is 4.01. The molecule has 1 aliphatic heterocycles.